The third-order valence-corrected chi connectivity index (χ3v) is 2.38. The Morgan fingerprint density at radius 3 is 2.89 bits per heavy atom. The number of aromatic nitrogens is 1. The molecule has 0 aliphatic rings. The molecule has 92 valence electrons. The van der Waals surface area contributed by atoms with E-state index in [1.54, 1.807) is 12.1 Å². The van der Waals surface area contributed by atoms with Crippen LogP contribution in [0.5, 0.6) is 0 Å². The van der Waals surface area contributed by atoms with Crippen LogP contribution in [0.1, 0.15) is 15.9 Å². The van der Waals surface area contributed by atoms with Gasteiger partial charge in [-0.05, 0) is 24.3 Å². The Labute approximate surface area is 103 Å². The zero-order valence-corrected chi connectivity index (χ0v) is 9.43. The van der Waals surface area contributed by atoms with Crippen LogP contribution in [0, 0.1) is 5.82 Å². The van der Waals surface area contributed by atoms with Gasteiger partial charge < -0.3 is 10.4 Å². The molecule has 1 aromatic carbocycles. The van der Waals surface area contributed by atoms with Gasteiger partial charge in [0.25, 0.3) is 5.91 Å². The van der Waals surface area contributed by atoms with E-state index in [0.29, 0.717) is 5.56 Å². The van der Waals surface area contributed by atoms with Crippen molar-refractivity contribution in [2.75, 3.05) is 5.32 Å². The highest BCUT2D eigenvalue weighted by molar-refractivity contribution is 6.04. The van der Waals surface area contributed by atoms with Crippen LogP contribution in [0.4, 0.5) is 10.2 Å². The van der Waals surface area contributed by atoms with Crippen LogP contribution < -0.4 is 5.32 Å². The Balaban J connectivity index is 2.21. The van der Waals surface area contributed by atoms with Gasteiger partial charge in [0, 0.05) is 17.3 Å². The van der Waals surface area contributed by atoms with Crippen molar-refractivity contribution >= 4 is 11.7 Å². The highest BCUT2D eigenvalue weighted by atomic mass is 19.1. The first kappa shape index (κ1) is 12.2. The van der Waals surface area contributed by atoms with Gasteiger partial charge in [0.2, 0.25) is 0 Å². The number of amides is 1. The van der Waals surface area contributed by atoms with Crippen LogP contribution in [0.3, 0.4) is 0 Å². The second kappa shape index (κ2) is 5.37. The third kappa shape index (κ3) is 2.70. The van der Waals surface area contributed by atoms with Crippen molar-refractivity contribution in [2.45, 2.75) is 6.61 Å². The molecular weight excluding hydrogens is 235 g/mol. The molecule has 0 radical (unpaired) electrons. The lowest BCUT2D eigenvalue weighted by atomic mass is 10.2. The zero-order valence-electron chi connectivity index (χ0n) is 9.43. The van der Waals surface area contributed by atoms with Gasteiger partial charge in [0.05, 0.1) is 6.61 Å². The minimum atomic E-state index is -0.481. The molecule has 0 atom stereocenters. The Morgan fingerprint density at radius 2 is 2.17 bits per heavy atom. The lowest BCUT2D eigenvalue weighted by molar-refractivity contribution is 0.102. The van der Waals surface area contributed by atoms with Gasteiger partial charge in [-0.1, -0.05) is 12.1 Å². The van der Waals surface area contributed by atoms with Crippen molar-refractivity contribution < 1.29 is 14.3 Å². The second-order valence-electron chi connectivity index (χ2n) is 3.63. The molecule has 2 aromatic rings. The largest absolute Gasteiger partial charge is 0.392 e. The summed E-state index contributed by atoms with van der Waals surface area (Å²) < 4.78 is 13.0. The van der Waals surface area contributed by atoms with E-state index in [0.717, 1.165) is 6.07 Å². The number of carbonyl (C=O) groups is 1. The van der Waals surface area contributed by atoms with E-state index in [1.807, 2.05) is 0 Å². The number of nitrogens with zero attached hydrogens (tertiary/aromatic N) is 1. The fourth-order valence-corrected chi connectivity index (χ4v) is 1.49. The summed E-state index contributed by atoms with van der Waals surface area (Å²) in [4.78, 5) is 15.8. The maximum atomic E-state index is 13.0. The monoisotopic (exact) mass is 246 g/mol. The number of hydrogen-bond donors (Lipinski definition) is 2. The van der Waals surface area contributed by atoms with Gasteiger partial charge in [-0.15, -0.1) is 0 Å². The number of aliphatic hydroxyl groups excluding tert-OH is 1. The normalized spacial score (nSPS) is 10.1. The van der Waals surface area contributed by atoms with Crippen LogP contribution in [-0.2, 0) is 6.61 Å². The first-order valence-electron chi connectivity index (χ1n) is 5.32. The smallest absolute Gasteiger partial charge is 0.256 e. The molecule has 0 fully saturated rings. The molecule has 0 aliphatic carbocycles. The Bertz CT molecular complexity index is 572. The van der Waals surface area contributed by atoms with Crippen LogP contribution in [0.2, 0.25) is 0 Å². The summed E-state index contributed by atoms with van der Waals surface area (Å²) in [5.74, 6) is -0.678. The predicted molar refractivity (Wildman–Crippen MR) is 64.5 cm³/mol. The number of halogens is 1. The number of benzene rings is 1. The maximum absolute atomic E-state index is 13.0. The number of nitrogens with one attached hydrogen (secondary N) is 1. The molecule has 4 nitrogen and oxygen atoms in total. The highest BCUT2D eigenvalue weighted by Crippen LogP contribution is 2.13. The average molecular weight is 246 g/mol. The number of carbonyl (C=O) groups excluding carboxylic acids is 1. The second-order valence-corrected chi connectivity index (χ2v) is 3.63. The zero-order chi connectivity index (χ0) is 13.0. The Hall–Kier alpha value is -2.27. The van der Waals surface area contributed by atoms with Gasteiger partial charge in [-0.3, -0.25) is 4.79 Å². The van der Waals surface area contributed by atoms with Crippen LogP contribution in [0.15, 0.2) is 42.6 Å². The quantitative estimate of drug-likeness (QED) is 0.870. The molecule has 5 heteroatoms. The Kier molecular flexibility index (Phi) is 3.64. The molecule has 0 saturated heterocycles. The summed E-state index contributed by atoms with van der Waals surface area (Å²) >= 11 is 0. The van der Waals surface area contributed by atoms with Gasteiger partial charge in [0.1, 0.15) is 11.6 Å². The number of aliphatic hydroxyl groups is 1. The van der Waals surface area contributed by atoms with Crippen molar-refractivity contribution in [3.8, 4) is 0 Å². The van der Waals surface area contributed by atoms with Crippen molar-refractivity contribution in [2.24, 2.45) is 0 Å². The van der Waals surface area contributed by atoms with E-state index in [-0.39, 0.29) is 18.0 Å². The molecule has 1 aromatic heterocycles. The van der Waals surface area contributed by atoms with Gasteiger partial charge in [0.15, 0.2) is 0 Å². The standard InChI is InChI=1S/C13H11FN2O2/c14-11-5-1-3-9(7-11)13(18)16-12-10(8-17)4-2-6-15-12/h1-7,17H,8H2,(H,15,16,18). The molecule has 0 saturated carbocycles. The van der Waals surface area contributed by atoms with Crippen molar-refractivity contribution in [1.82, 2.24) is 4.98 Å². The van der Waals surface area contributed by atoms with E-state index in [2.05, 4.69) is 10.3 Å². The lowest BCUT2D eigenvalue weighted by Gasteiger charge is -2.07. The van der Waals surface area contributed by atoms with Crippen LogP contribution >= 0.6 is 0 Å². The van der Waals surface area contributed by atoms with E-state index in [4.69, 9.17) is 5.11 Å². The number of rotatable bonds is 3. The van der Waals surface area contributed by atoms with E-state index in [1.165, 1.54) is 24.4 Å². The summed E-state index contributed by atoms with van der Waals surface area (Å²) in [6.45, 7) is -0.230. The summed E-state index contributed by atoms with van der Waals surface area (Å²) in [6.07, 6.45) is 1.50. The molecule has 1 amide bonds. The summed E-state index contributed by atoms with van der Waals surface area (Å²) in [6, 6.07) is 8.65. The van der Waals surface area contributed by atoms with Crippen LogP contribution in [0.25, 0.3) is 0 Å². The molecule has 0 spiro atoms. The molecule has 1 heterocycles. The summed E-state index contributed by atoms with van der Waals surface area (Å²) in [5, 5.41) is 11.6. The SMILES string of the molecule is O=C(Nc1ncccc1CO)c1cccc(F)c1. The first-order chi connectivity index (χ1) is 8.70. The molecule has 0 aliphatic heterocycles. The van der Waals surface area contributed by atoms with E-state index in [9.17, 15) is 9.18 Å². The number of anilines is 1. The minimum Gasteiger partial charge on any atom is -0.392 e. The highest BCUT2D eigenvalue weighted by Gasteiger charge is 2.10. The molecule has 2 N–H and O–H groups in total. The molecule has 0 bridgehead atoms. The predicted octanol–water partition coefficient (Wildman–Crippen LogP) is 1.97. The average Bonchev–Trinajstić information content (AvgIpc) is 2.39. The van der Waals surface area contributed by atoms with Gasteiger partial charge in [-0.2, -0.15) is 0 Å². The molecule has 18 heavy (non-hydrogen) atoms. The third-order valence-electron chi connectivity index (χ3n) is 2.38. The molecular formula is C13H11FN2O2. The van der Waals surface area contributed by atoms with Crippen molar-refractivity contribution in [1.29, 1.82) is 0 Å². The van der Waals surface area contributed by atoms with Gasteiger partial charge in [-0.25, -0.2) is 9.37 Å². The summed E-state index contributed by atoms with van der Waals surface area (Å²) in [5.41, 5.74) is 0.701. The van der Waals surface area contributed by atoms with Crippen molar-refractivity contribution in [3.05, 3.63) is 59.5 Å². The first-order valence-corrected chi connectivity index (χ1v) is 5.32. The van der Waals surface area contributed by atoms with Crippen molar-refractivity contribution in [3.63, 3.8) is 0 Å². The van der Waals surface area contributed by atoms with Gasteiger partial charge >= 0.3 is 0 Å². The fraction of sp³-hybridized carbons (Fsp3) is 0.0769. The maximum Gasteiger partial charge on any atom is 0.256 e. The number of hydrogen-bond acceptors (Lipinski definition) is 3. The minimum absolute atomic E-state index is 0.199. The molecule has 2 rings (SSSR count). The number of pyridine rings is 1. The molecule has 0 unspecified atom stereocenters. The van der Waals surface area contributed by atoms with E-state index < -0.39 is 11.7 Å². The van der Waals surface area contributed by atoms with Crippen LogP contribution in [-0.4, -0.2) is 16.0 Å². The lowest BCUT2D eigenvalue weighted by Crippen LogP contribution is -2.14. The Morgan fingerprint density at radius 1 is 1.33 bits per heavy atom. The fourth-order valence-electron chi connectivity index (χ4n) is 1.49. The topological polar surface area (TPSA) is 62.2 Å². The van der Waals surface area contributed by atoms with E-state index >= 15 is 0 Å². The summed E-state index contributed by atoms with van der Waals surface area (Å²) in [7, 11) is 0.